The van der Waals surface area contributed by atoms with E-state index >= 15 is 0 Å². The third-order valence-electron chi connectivity index (χ3n) is 13.7. The Morgan fingerprint density at radius 3 is 1.76 bits per heavy atom. The fourth-order valence-corrected chi connectivity index (χ4v) is 10.0. The molecular weight excluding hydrogens is 1060 g/mol. The topological polar surface area (TPSA) is 33.5 Å². The quantitative estimate of drug-likeness (QED) is 0.135. The van der Waals surface area contributed by atoms with Crippen molar-refractivity contribution in [3.05, 3.63) is 248 Å². The number of pyridine rings is 1. The van der Waals surface area contributed by atoms with Gasteiger partial charge in [-0.15, -0.1) is 48.1 Å². The third-order valence-corrected chi connectivity index (χ3v) is 13.7. The largest absolute Gasteiger partial charge is 0.509 e. The van der Waals surface area contributed by atoms with E-state index in [0.717, 1.165) is 94.9 Å². The average molecular weight is 1110 g/mol. The first kappa shape index (κ1) is 46.4. The molecule has 354 valence electrons. The minimum Gasteiger partial charge on any atom is -0.509 e. The Morgan fingerprint density at radius 1 is 0.500 bits per heavy atom. The number of ether oxygens (including phenoxy) is 1. The molecule has 0 bridgehead atoms. The summed E-state index contributed by atoms with van der Waals surface area (Å²) < 4.78 is 8.99. The summed E-state index contributed by atoms with van der Waals surface area (Å²) in [6, 6.07) is 80.5. The van der Waals surface area contributed by atoms with E-state index < -0.39 is 0 Å². The van der Waals surface area contributed by atoms with Crippen LogP contribution >= 0.6 is 0 Å². The average Bonchev–Trinajstić information content (AvgIpc) is 3.95. The monoisotopic (exact) mass is 1110 g/mol. The molecule has 0 unspecified atom stereocenters. The van der Waals surface area contributed by atoms with Crippen LogP contribution in [0.25, 0.3) is 72.1 Å². The van der Waals surface area contributed by atoms with Crippen LogP contribution in [0.3, 0.4) is 0 Å². The molecule has 0 saturated heterocycles. The maximum atomic E-state index is 6.77. The Kier molecular flexibility index (Phi) is 12.2. The molecule has 72 heavy (non-hydrogen) atoms. The molecule has 9 aromatic carbocycles. The predicted molar refractivity (Wildman–Crippen MR) is 294 cm³/mol. The summed E-state index contributed by atoms with van der Waals surface area (Å²) in [5.74, 6) is 1.98. The molecule has 3 heterocycles. The number of hydrogen-bond donors (Lipinski definition) is 0. The van der Waals surface area contributed by atoms with Crippen molar-refractivity contribution in [1.82, 2.24) is 9.55 Å². The molecule has 1 aliphatic rings. The van der Waals surface area contributed by atoms with Gasteiger partial charge in [0.1, 0.15) is 5.82 Å². The fourth-order valence-electron chi connectivity index (χ4n) is 10.0. The summed E-state index contributed by atoms with van der Waals surface area (Å²) in [6.07, 6.45) is 2.00. The van der Waals surface area contributed by atoms with Gasteiger partial charge in [0.05, 0.1) is 0 Å². The molecule has 0 aliphatic carbocycles. The van der Waals surface area contributed by atoms with Gasteiger partial charge in [-0.25, -0.2) is 4.98 Å². The van der Waals surface area contributed by atoms with Crippen molar-refractivity contribution in [3.8, 4) is 61.8 Å². The fraction of sp³-hybridized carbons (Fsp3) is 0.0909. The van der Waals surface area contributed by atoms with Gasteiger partial charge in [0.2, 0.25) is 0 Å². The molecule has 0 N–H and O–H groups in total. The van der Waals surface area contributed by atoms with Gasteiger partial charge in [-0.2, -0.15) is 12.1 Å². The van der Waals surface area contributed by atoms with Gasteiger partial charge in [-0.1, -0.05) is 184 Å². The molecule has 0 amide bonds. The van der Waals surface area contributed by atoms with Gasteiger partial charge in [0.25, 0.3) is 0 Å². The predicted octanol–water partition coefficient (Wildman–Crippen LogP) is 17.6. The first-order valence-corrected chi connectivity index (χ1v) is 24.3. The van der Waals surface area contributed by atoms with Crippen LogP contribution in [0, 0.1) is 32.6 Å². The second-order valence-corrected chi connectivity index (χ2v) is 19.5. The summed E-state index contributed by atoms with van der Waals surface area (Å²) >= 11 is 0. The summed E-state index contributed by atoms with van der Waals surface area (Å²) in [5, 5.41) is 2.18. The zero-order valence-corrected chi connectivity index (χ0v) is 43.1. The van der Waals surface area contributed by atoms with Gasteiger partial charge in [-0.05, 0) is 87.9 Å². The van der Waals surface area contributed by atoms with Gasteiger partial charge in [-0.3, -0.25) is 0 Å². The number of aryl methyl sites for hydroxylation is 2. The molecule has 0 saturated carbocycles. The molecule has 0 fully saturated rings. The second kappa shape index (κ2) is 19.0. The first-order valence-electron chi connectivity index (χ1n) is 24.3. The zero-order chi connectivity index (χ0) is 48.2. The van der Waals surface area contributed by atoms with Crippen molar-refractivity contribution in [1.29, 1.82) is 0 Å². The number of aromatic nitrogens is 2. The maximum Gasteiger partial charge on any atom is 0.135 e. The summed E-state index contributed by atoms with van der Waals surface area (Å²) in [5.41, 5.74) is 18.9. The van der Waals surface area contributed by atoms with Crippen LogP contribution in [-0.2, 0) is 26.5 Å². The normalized spacial score (nSPS) is 12.3. The Balaban J connectivity index is 0.00000560. The number of hydrogen-bond acceptors (Lipinski definition) is 4. The van der Waals surface area contributed by atoms with E-state index in [-0.39, 0.29) is 26.5 Å². The molecular formula is C66H51N4OPt-3. The van der Waals surface area contributed by atoms with E-state index in [2.05, 4.69) is 256 Å². The number of benzene rings is 9. The number of rotatable bonds is 9. The molecule has 11 aromatic rings. The SMILES string of the molecule is Cc1ccc(-c2cnc(-n3c4[c-]c(Oc5[c-]c(N6[CH-]N(c7c(-c8ccccc8)cccc7-c7ccccc7)c7ccccc76)ccc5)ccc4c4cc(-c5ccc(C(C)(C)C)cc5)ccc43)cc2C)cc1.[Pt]. The van der Waals surface area contributed by atoms with Crippen molar-refractivity contribution >= 4 is 44.6 Å². The number of para-hydroxylation sites is 3. The van der Waals surface area contributed by atoms with Crippen molar-refractivity contribution in [2.75, 3.05) is 9.80 Å². The minimum absolute atomic E-state index is 0. The number of nitrogens with zero attached hydrogens (tertiary/aromatic N) is 4. The van der Waals surface area contributed by atoms with Crippen molar-refractivity contribution in [2.24, 2.45) is 0 Å². The summed E-state index contributed by atoms with van der Waals surface area (Å²) in [6.45, 7) is 13.2. The Labute approximate surface area is 436 Å². The second-order valence-electron chi connectivity index (χ2n) is 19.5. The minimum atomic E-state index is 0. The van der Waals surface area contributed by atoms with Gasteiger partial charge in [0, 0.05) is 78.0 Å². The maximum absolute atomic E-state index is 6.77. The van der Waals surface area contributed by atoms with Crippen LogP contribution in [-0.4, -0.2) is 9.55 Å². The van der Waals surface area contributed by atoms with E-state index in [4.69, 9.17) is 9.72 Å². The van der Waals surface area contributed by atoms with E-state index in [0.29, 0.717) is 11.5 Å². The van der Waals surface area contributed by atoms with Crippen LogP contribution in [0.15, 0.2) is 212 Å². The molecule has 5 nitrogen and oxygen atoms in total. The van der Waals surface area contributed by atoms with Gasteiger partial charge in [0.15, 0.2) is 0 Å². The van der Waals surface area contributed by atoms with Crippen molar-refractivity contribution in [3.63, 3.8) is 0 Å². The van der Waals surface area contributed by atoms with E-state index in [1.165, 1.54) is 16.7 Å². The Hall–Kier alpha value is -7.98. The molecule has 0 spiro atoms. The van der Waals surface area contributed by atoms with E-state index in [1.54, 1.807) is 0 Å². The molecule has 1 aliphatic heterocycles. The Bertz CT molecular complexity index is 3710. The Morgan fingerprint density at radius 2 is 1.10 bits per heavy atom. The third kappa shape index (κ3) is 8.58. The van der Waals surface area contributed by atoms with Gasteiger partial charge < -0.3 is 19.1 Å². The van der Waals surface area contributed by atoms with E-state index in [1.807, 2.05) is 24.4 Å². The van der Waals surface area contributed by atoms with Gasteiger partial charge >= 0.3 is 0 Å². The summed E-state index contributed by atoms with van der Waals surface area (Å²) in [7, 11) is 0. The molecule has 0 radical (unpaired) electrons. The number of anilines is 4. The molecule has 12 rings (SSSR count). The van der Waals surface area contributed by atoms with Crippen LogP contribution in [0.2, 0.25) is 0 Å². The van der Waals surface area contributed by atoms with E-state index in [9.17, 15) is 0 Å². The van der Waals surface area contributed by atoms with Crippen LogP contribution in [0.1, 0.15) is 37.5 Å². The van der Waals surface area contributed by atoms with Crippen LogP contribution in [0.4, 0.5) is 22.7 Å². The standard InChI is InChI=1S/C66H51N4O.Pt/c1-44-26-28-49(29-27-44)59-42-67-64(38-45(59)2)70-60-37-32-50(46-30-33-51(34-31-46)66(3,4)5)39-58(60)57-36-35-54(41-63(57)70)71-53-21-14-20-52(40-53)68-43-69(62-25-13-12-24-61(62)68)65-55(47-16-8-6-9-17-47)22-15-23-56(65)48-18-10-7-11-19-48;/h6-39,42-43H,1-5H3;/q-3;. The zero-order valence-electron chi connectivity index (χ0n) is 40.8. The van der Waals surface area contributed by atoms with Crippen LogP contribution < -0.4 is 14.5 Å². The smallest absolute Gasteiger partial charge is 0.135 e. The van der Waals surface area contributed by atoms with Crippen LogP contribution in [0.5, 0.6) is 11.5 Å². The van der Waals surface area contributed by atoms with Crippen molar-refractivity contribution in [2.45, 2.75) is 40.0 Å². The van der Waals surface area contributed by atoms with Crippen molar-refractivity contribution < 1.29 is 25.8 Å². The molecule has 2 aromatic heterocycles. The summed E-state index contributed by atoms with van der Waals surface area (Å²) in [4.78, 5) is 9.66. The first-order chi connectivity index (χ1) is 34.6. The molecule has 6 heteroatoms. The molecule has 0 atom stereocenters. The number of fused-ring (bicyclic) bond motifs is 4.